The van der Waals surface area contributed by atoms with Crippen molar-refractivity contribution in [3.63, 3.8) is 0 Å². The maximum absolute atomic E-state index is 11.0. The van der Waals surface area contributed by atoms with Gasteiger partial charge >= 0.3 is 5.97 Å². The number of aromatic nitrogens is 2. The first-order chi connectivity index (χ1) is 8.17. The fourth-order valence-electron chi connectivity index (χ4n) is 2.20. The molecule has 1 fully saturated rings. The molecule has 0 unspecified atom stereocenters. The second-order valence-electron chi connectivity index (χ2n) is 4.53. The molecule has 0 aliphatic heterocycles. The molecule has 1 aromatic heterocycles. The average Bonchev–Trinajstić information content (AvgIpc) is 2.28. The number of hydrogen-bond acceptors (Lipinski definition) is 4. The Kier molecular flexibility index (Phi) is 3.38. The Morgan fingerprint density at radius 2 is 2.35 bits per heavy atom. The molecule has 2 rings (SSSR count). The number of carboxylic acid groups (broad SMARTS) is 1. The van der Waals surface area contributed by atoms with Gasteiger partial charge in [0.15, 0.2) is 0 Å². The third kappa shape index (κ3) is 2.44. The van der Waals surface area contributed by atoms with Crippen molar-refractivity contribution < 1.29 is 9.90 Å². The van der Waals surface area contributed by atoms with E-state index in [9.17, 15) is 4.79 Å². The Morgan fingerprint density at radius 1 is 1.59 bits per heavy atom. The van der Waals surface area contributed by atoms with Crippen LogP contribution in [0.15, 0.2) is 12.5 Å². The molecule has 5 nitrogen and oxygen atoms in total. The van der Waals surface area contributed by atoms with Crippen LogP contribution in [0.2, 0.25) is 0 Å². The van der Waals surface area contributed by atoms with E-state index in [1.807, 2.05) is 0 Å². The van der Waals surface area contributed by atoms with Crippen LogP contribution in [0, 0.1) is 0 Å². The van der Waals surface area contributed by atoms with Crippen LogP contribution in [0.3, 0.4) is 0 Å². The highest BCUT2D eigenvalue weighted by molar-refractivity contribution is 5.88. The quantitative estimate of drug-likeness (QED) is 0.810. The summed E-state index contributed by atoms with van der Waals surface area (Å²) in [7, 11) is 0. The lowest BCUT2D eigenvalue weighted by Gasteiger charge is -2.42. The minimum absolute atomic E-state index is 0.186. The molecule has 0 radical (unpaired) electrons. The third-order valence-electron chi connectivity index (χ3n) is 3.64. The fourth-order valence-corrected chi connectivity index (χ4v) is 2.20. The number of hydrogen-bond donors (Lipinski definition) is 2. The molecule has 92 valence electrons. The van der Waals surface area contributed by atoms with E-state index in [0.717, 1.165) is 19.3 Å². The molecule has 1 aromatic rings. The van der Waals surface area contributed by atoms with Crippen molar-refractivity contribution in [2.45, 2.75) is 44.7 Å². The van der Waals surface area contributed by atoms with Crippen molar-refractivity contribution in [3.8, 4) is 0 Å². The van der Waals surface area contributed by atoms with E-state index in [1.54, 1.807) is 0 Å². The van der Waals surface area contributed by atoms with Crippen molar-refractivity contribution in [1.82, 2.24) is 15.3 Å². The predicted octanol–water partition coefficient (Wildman–Crippen LogP) is 1.60. The number of rotatable bonds is 5. The van der Waals surface area contributed by atoms with Crippen molar-refractivity contribution in [2.24, 2.45) is 0 Å². The van der Waals surface area contributed by atoms with Crippen LogP contribution < -0.4 is 5.32 Å². The topological polar surface area (TPSA) is 75.1 Å². The lowest BCUT2D eigenvalue weighted by Crippen LogP contribution is -2.50. The second-order valence-corrected chi connectivity index (χ2v) is 4.53. The molecule has 0 amide bonds. The minimum Gasteiger partial charge on any atom is -0.478 e. The number of aromatic carboxylic acids is 1. The molecule has 1 saturated carbocycles. The van der Waals surface area contributed by atoms with Crippen LogP contribution in [-0.2, 0) is 6.54 Å². The van der Waals surface area contributed by atoms with E-state index < -0.39 is 5.97 Å². The molecule has 5 heteroatoms. The van der Waals surface area contributed by atoms with Crippen LogP contribution in [-0.4, -0.2) is 26.6 Å². The zero-order valence-corrected chi connectivity index (χ0v) is 9.94. The van der Waals surface area contributed by atoms with E-state index >= 15 is 0 Å². The molecule has 1 heterocycles. The number of nitrogens with one attached hydrogen (secondary N) is 1. The highest BCUT2D eigenvalue weighted by Crippen LogP contribution is 2.34. The summed E-state index contributed by atoms with van der Waals surface area (Å²) in [6.07, 6.45) is 7.39. The van der Waals surface area contributed by atoms with Gasteiger partial charge in [0.2, 0.25) is 0 Å². The van der Waals surface area contributed by atoms with Crippen LogP contribution in [0.25, 0.3) is 0 Å². The van der Waals surface area contributed by atoms with Gasteiger partial charge in [-0.25, -0.2) is 14.8 Å². The van der Waals surface area contributed by atoms with Gasteiger partial charge in [0, 0.05) is 18.3 Å². The predicted molar refractivity (Wildman–Crippen MR) is 62.7 cm³/mol. The second kappa shape index (κ2) is 4.79. The molecular weight excluding hydrogens is 218 g/mol. The highest BCUT2D eigenvalue weighted by Gasteiger charge is 2.34. The maximum Gasteiger partial charge on any atom is 0.339 e. The van der Waals surface area contributed by atoms with E-state index in [2.05, 4.69) is 22.2 Å². The van der Waals surface area contributed by atoms with Crippen molar-refractivity contribution in [1.29, 1.82) is 0 Å². The zero-order valence-electron chi connectivity index (χ0n) is 9.94. The SMILES string of the molecule is CCC1(NCc2ncncc2C(=O)O)CCC1. The van der Waals surface area contributed by atoms with Crippen LogP contribution in [0.5, 0.6) is 0 Å². The van der Waals surface area contributed by atoms with E-state index in [-0.39, 0.29) is 11.1 Å². The van der Waals surface area contributed by atoms with E-state index in [1.165, 1.54) is 18.9 Å². The average molecular weight is 235 g/mol. The van der Waals surface area contributed by atoms with Crippen molar-refractivity contribution in [2.75, 3.05) is 0 Å². The van der Waals surface area contributed by atoms with Crippen LogP contribution in [0.4, 0.5) is 0 Å². The summed E-state index contributed by atoms with van der Waals surface area (Å²) < 4.78 is 0. The summed E-state index contributed by atoms with van der Waals surface area (Å²) in [5, 5.41) is 12.5. The first-order valence-corrected chi connectivity index (χ1v) is 5.94. The molecule has 0 bridgehead atoms. The van der Waals surface area contributed by atoms with E-state index in [0.29, 0.717) is 12.2 Å². The normalized spacial score (nSPS) is 17.5. The van der Waals surface area contributed by atoms with Crippen molar-refractivity contribution >= 4 is 5.97 Å². The first kappa shape index (κ1) is 12.0. The molecule has 17 heavy (non-hydrogen) atoms. The molecule has 0 aromatic carbocycles. The van der Waals surface area contributed by atoms with E-state index in [4.69, 9.17) is 5.11 Å². The Bertz CT molecular complexity index is 410. The Morgan fingerprint density at radius 3 is 2.88 bits per heavy atom. The summed E-state index contributed by atoms with van der Waals surface area (Å²) in [5.41, 5.74) is 0.943. The van der Waals surface area contributed by atoms with Gasteiger partial charge in [-0.05, 0) is 25.7 Å². The summed E-state index contributed by atoms with van der Waals surface area (Å²) in [6.45, 7) is 2.65. The Balaban J connectivity index is 2.06. The molecule has 2 N–H and O–H groups in total. The molecule has 1 aliphatic carbocycles. The number of carbonyl (C=O) groups is 1. The summed E-state index contributed by atoms with van der Waals surface area (Å²) in [5.74, 6) is -0.971. The lowest BCUT2D eigenvalue weighted by molar-refractivity contribution is 0.0693. The molecule has 1 aliphatic rings. The zero-order chi connectivity index (χ0) is 12.3. The summed E-state index contributed by atoms with van der Waals surface area (Å²) >= 11 is 0. The van der Waals surface area contributed by atoms with Gasteiger partial charge < -0.3 is 10.4 Å². The van der Waals surface area contributed by atoms with Gasteiger partial charge in [-0.15, -0.1) is 0 Å². The minimum atomic E-state index is -0.971. The third-order valence-corrected chi connectivity index (χ3v) is 3.64. The Labute approximate surface area is 100 Å². The Hall–Kier alpha value is -1.49. The standard InChI is InChI=1S/C12H17N3O2/c1-2-12(4-3-5-12)15-7-10-9(11(16)17)6-13-8-14-10/h6,8,15H,2-5,7H2,1H3,(H,16,17). The van der Waals surface area contributed by atoms with Gasteiger partial charge in [0.1, 0.15) is 11.9 Å². The van der Waals surface area contributed by atoms with Crippen LogP contribution >= 0.6 is 0 Å². The van der Waals surface area contributed by atoms with Gasteiger partial charge in [0.05, 0.1) is 5.69 Å². The van der Waals surface area contributed by atoms with Crippen LogP contribution in [0.1, 0.15) is 48.7 Å². The van der Waals surface area contributed by atoms with Gasteiger partial charge in [-0.1, -0.05) is 6.92 Å². The number of carboxylic acids is 1. The molecule has 0 saturated heterocycles. The van der Waals surface area contributed by atoms with Crippen molar-refractivity contribution in [3.05, 3.63) is 23.8 Å². The molecular formula is C12H17N3O2. The molecule has 0 atom stereocenters. The summed E-state index contributed by atoms with van der Waals surface area (Å²) in [4.78, 5) is 18.8. The van der Waals surface area contributed by atoms with Gasteiger partial charge in [-0.3, -0.25) is 0 Å². The lowest BCUT2D eigenvalue weighted by atomic mass is 9.75. The monoisotopic (exact) mass is 235 g/mol. The smallest absolute Gasteiger partial charge is 0.339 e. The van der Waals surface area contributed by atoms with Gasteiger partial charge in [0.25, 0.3) is 0 Å². The molecule has 0 spiro atoms. The maximum atomic E-state index is 11.0. The number of nitrogens with zero attached hydrogens (tertiary/aromatic N) is 2. The highest BCUT2D eigenvalue weighted by atomic mass is 16.4. The van der Waals surface area contributed by atoms with Gasteiger partial charge in [-0.2, -0.15) is 0 Å². The fraction of sp³-hybridized carbons (Fsp3) is 0.583. The largest absolute Gasteiger partial charge is 0.478 e. The summed E-state index contributed by atoms with van der Waals surface area (Å²) in [6, 6.07) is 0. The first-order valence-electron chi connectivity index (χ1n) is 5.94.